The maximum absolute atomic E-state index is 12.8. The van der Waals surface area contributed by atoms with Crippen molar-refractivity contribution in [3.05, 3.63) is 68.9 Å². The molecule has 2 aromatic carbocycles. The topological polar surface area (TPSA) is 75.4 Å². The highest BCUT2D eigenvalue weighted by atomic mass is 79.9. The van der Waals surface area contributed by atoms with Gasteiger partial charge in [-0.15, -0.1) is 0 Å². The Morgan fingerprint density at radius 2 is 1.93 bits per heavy atom. The average Bonchev–Trinajstić information content (AvgIpc) is 2.73. The minimum Gasteiger partial charge on any atom is -0.396 e. The molecule has 6 nitrogen and oxygen atoms in total. The maximum Gasteiger partial charge on any atom is 0.262 e. The Hall–Kier alpha value is -2.16. The molecule has 3 rings (SSSR count). The summed E-state index contributed by atoms with van der Waals surface area (Å²) in [7, 11) is 1.76. The second-order valence-electron chi connectivity index (χ2n) is 6.58. The van der Waals surface area contributed by atoms with Crippen molar-refractivity contribution in [3.63, 3.8) is 0 Å². The number of carbonyl (C=O) groups excluding carboxylic acids is 1. The van der Waals surface area contributed by atoms with Crippen molar-refractivity contribution < 1.29 is 9.90 Å². The molecule has 0 atom stereocenters. The van der Waals surface area contributed by atoms with E-state index in [0.717, 1.165) is 10.0 Å². The molecule has 3 aromatic rings. The predicted molar refractivity (Wildman–Crippen MR) is 119 cm³/mol. The van der Waals surface area contributed by atoms with Gasteiger partial charge in [-0.05, 0) is 30.2 Å². The van der Waals surface area contributed by atoms with Gasteiger partial charge in [0.2, 0.25) is 5.91 Å². The molecule has 1 aromatic heterocycles. The van der Waals surface area contributed by atoms with Crippen LogP contribution in [0.3, 0.4) is 0 Å². The summed E-state index contributed by atoms with van der Waals surface area (Å²) >= 11 is 4.75. The van der Waals surface area contributed by atoms with Crippen molar-refractivity contribution in [1.82, 2.24) is 14.5 Å². The van der Waals surface area contributed by atoms with E-state index < -0.39 is 0 Å². The molecular formula is C21H22BrN3O3S. The highest BCUT2D eigenvalue weighted by Crippen LogP contribution is 2.20. The van der Waals surface area contributed by atoms with Crippen LogP contribution in [0.25, 0.3) is 10.9 Å². The first-order chi connectivity index (χ1) is 14.0. The Morgan fingerprint density at radius 3 is 2.69 bits per heavy atom. The molecule has 0 aliphatic rings. The highest BCUT2D eigenvalue weighted by Gasteiger charge is 2.15. The van der Waals surface area contributed by atoms with Gasteiger partial charge < -0.3 is 10.0 Å². The molecule has 1 amide bonds. The van der Waals surface area contributed by atoms with E-state index in [4.69, 9.17) is 5.11 Å². The van der Waals surface area contributed by atoms with Crippen molar-refractivity contribution in [2.24, 2.45) is 0 Å². The lowest BCUT2D eigenvalue weighted by atomic mass is 10.2. The highest BCUT2D eigenvalue weighted by molar-refractivity contribution is 9.10. The fourth-order valence-corrected chi connectivity index (χ4v) is 4.27. The standard InChI is InChI=1S/C21H22BrN3O3S/c1-24(13-15-7-2-4-9-17(15)22)19(27)14-29-21-23-18-10-5-3-8-16(18)20(28)25(21)11-6-12-26/h2-5,7-10,26H,6,11-14H2,1H3. The van der Waals surface area contributed by atoms with E-state index in [1.165, 1.54) is 11.8 Å². The molecule has 0 aliphatic carbocycles. The number of rotatable bonds is 8. The molecule has 0 unspecified atom stereocenters. The van der Waals surface area contributed by atoms with E-state index in [0.29, 0.717) is 35.6 Å². The Balaban J connectivity index is 1.77. The fourth-order valence-electron chi connectivity index (χ4n) is 2.89. The first kappa shape index (κ1) is 21.5. The molecule has 0 saturated carbocycles. The molecule has 0 fully saturated rings. The number of para-hydroxylation sites is 1. The summed E-state index contributed by atoms with van der Waals surface area (Å²) in [6.45, 7) is 0.830. The smallest absolute Gasteiger partial charge is 0.262 e. The fraction of sp³-hybridized carbons (Fsp3) is 0.286. The largest absolute Gasteiger partial charge is 0.396 e. The minimum atomic E-state index is -0.152. The molecule has 1 heterocycles. The van der Waals surface area contributed by atoms with E-state index >= 15 is 0 Å². The number of hydrogen-bond acceptors (Lipinski definition) is 5. The van der Waals surface area contributed by atoms with Gasteiger partial charge in [0.25, 0.3) is 5.56 Å². The first-order valence-electron chi connectivity index (χ1n) is 9.22. The molecular weight excluding hydrogens is 454 g/mol. The summed E-state index contributed by atoms with van der Waals surface area (Å²) in [6.07, 6.45) is 0.448. The molecule has 0 bridgehead atoms. The monoisotopic (exact) mass is 475 g/mol. The molecule has 29 heavy (non-hydrogen) atoms. The first-order valence-corrected chi connectivity index (χ1v) is 11.0. The maximum atomic E-state index is 12.8. The van der Waals surface area contributed by atoms with Gasteiger partial charge >= 0.3 is 0 Å². The van der Waals surface area contributed by atoms with Crippen molar-refractivity contribution in [2.45, 2.75) is 24.7 Å². The summed E-state index contributed by atoms with van der Waals surface area (Å²) in [5.41, 5.74) is 1.48. The normalized spacial score (nSPS) is 11.0. The summed E-state index contributed by atoms with van der Waals surface area (Å²) in [4.78, 5) is 31.7. The Morgan fingerprint density at radius 1 is 1.21 bits per heavy atom. The molecule has 0 radical (unpaired) electrons. The zero-order chi connectivity index (χ0) is 20.8. The van der Waals surface area contributed by atoms with Crippen LogP contribution in [0.1, 0.15) is 12.0 Å². The summed E-state index contributed by atoms with van der Waals surface area (Å²) in [5.74, 6) is 0.118. The number of fused-ring (bicyclic) bond motifs is 1. The lowest BCUT2D eigenvalue weighted by Crippen LogP contribution is -2.29. The number of halogens is 1. The van der Waals surface area contributed by atoms with Crippen LogP contribution < -0.4 is 5.56 Å². The molecule has 0 aliphatic heterocycles. The number of aromatic nitrogens is 2. The van der Waals surface area contributed by atoms with E-state index in [2.05, 4.69) is 20.9 Å². The quantitative estimate of drug-likeness (QED) is 0.399. The number of aliphatic hydroxyl groups is 1. The SMILES string of the molecule is CN(Cc1ccccc1Br)C(=O)CSc1nc2ccccc2c(=O)n1CCCO. The molecule has 0 spiro atoms. The number of aliphatic hydroxyl groups excluding tert-OH is 1. The van der Waals surface area contributed by atoms with Gasteiger partial charge in [-0.2, -0.15) is 0 Å². The number of carbonyl (C=O) groups is 1. The molecule has 1 N–H and O–H groups in total. The van der Waals surface area contributed by atoms with Gasteiger partial charge in [-0.1, -0.05) is 58.0 Å². The van der Waals surface area contributed by atoms with Crippen molar-refractivity contribution in [1.29, 1.82) is 0 Å². The zero-order valence-corrected chi connectivity index (χ0v) is 18.4. The van der Waals surface area contributed by atoms with Crippen LogP contribution in [-0.2, 0) is 17.9 Å². The second-order valence-corrected chi connectivity index (χ2v) is 8.37. The van der Waals surface area contributed by atoms with Gasteiger partial charge in [0.15, 0.2) is 5.16 Å². The van der Waals surface area contributed by atoms with Crippen molar-refractivity contribution >= 4 is 44.5 Å². The Labute approximate surface area is 181 Å². The van der Waals surface area contributed by atoms with Gasteiger partial charge in [0.1, 0.15) is 0 Å². The van der Waals surface area contributed by atoms with Crippen LogP contribution in [0.15, 0.2) is 63.0 Å². The summed E-state index contributed by atoms with van der Waals surface area (Å²) < 4.78 is 2.51. The van der Waals surface area contributed by atoms with Crippen molar-refractivity contribution in [2.75, 3.05) is 19.4 Å². The summed E-state index contributed by atoms with van der Waals surface area (Å²) in [5, 5.41) is 10.2. The Bertz CT molecular complexity index is 1070. The van der Waals surface area contributed by atoms with Crippen LogP contribution >= 0.6 is 27.7 Å². The molecule has 152 valence electrons. The molecule has 8 heteroatoms. The Kier molecular flexibility index (Phi) is 7.46. The third kappa shape index (κ3) is 5.26. The number of thioether (sulfide) groups is 1. The third-order valence-corrected chi connectivity index (χ3v) is 6.22. The lowest BCUT2D eigenvalue weighted by Gasteiger charge is -2.18. The second kappa shape index (κ2) is 10.0. The van der Waals surface area contributed by atoms with Crippen LogP contribution in [0.2, 0.25) is 0 Å². The van der Waals surface area contributed by atoms with Gasteiger partial charge in [0.05, 0.1) is 16.7 Å². The predicted octanol–water partition coefficient (Wildman–Crippen LogP) is 3.29. The van der Waals surface area contributed by atoms with E-state index in [1.54, 1.807) is 34.7 Å². The number of nitrogens with zero attached hydrogens (tertiary/aromatic N) is 3. The summed E-state index contributed by atoms with van der Waals surface area (Å²) in [6, 6.07) is 14.9. The molecule has 0 saturated heterocycles. The third-order valence-electron chi connectivity index (χ3n) is 4.48. The average molecular weight is 476 g/mol. The van der Waals surface area contributed by atoms with Crippen LogP contribution in [0, 0.1) is 0 Å². The van der Waals surface area contributed by atoms with Crippen LogP contribution in [0.4, 0.5) is 0 Å². The number of hydrogen-bond donors (Lipinski definition) is 1. The van der Waals surface area contributed by atoms with E-state index in [9.17, 15) is 9.59 Å². The number of benzene rings is 2. The van der Waals surface area contributed by atoms with Crippen LogP contribution in [0.5, 0.6) is 0 Å². The van der Waals surface area contributed by atoms with Crippen molar-refractivity contribution in [3.8, 4) is 0 Å². The van der Waals surface area contributed by atoms with Crippen LogP contribution in [-0.4, -0.2) is 44.9 Å². The lowest BCUT2D eigenvalue weighted by molar-refractivity contribution is -0.127. The number of amides is 1. The van der Waals surface area contributed by atoms with E-state index in [-0.39, 0.29) is 23.8 Å². The van der Waals surface area contributed by atoms with Gasteiger partial charge in [-0.3, -0.25) is 14.2 Å². The van der Waals surface area contributed by atoms with E-state index in [1.807, 2.05) is 30.3 Å². The van der Waals surface area contributed by atoms with Gasteiger partial charge in [-0.25, -0.2) is 4.98 Å². The van der Waals surface area contributed by atoms with Gasteiger partial charge in [0, 0.05) is 31.2 Å². The minimum absolute atomic E-state index is 0.0169. The zero-order valence-electron chi connectivity index (χ0n) is 16.0.